The molecule has 0 fully saturated rings. The maximum absolute atomic E-state index is 12.4. The zero-order valence-corrected chi connectivity index (χ0v) is 15.3. The summed E-state index contributed by atoms with van der Waals surface area (Å²) in [7, 11) is 0. The Morgan fingerprint density at radius 1 is 1.04 bits per heavy atom. The maximum atomic E-state index is 12.4. The Bertz CT molecular complexity index is 910. The number of anilines is 3. The summed E-state index contributed by atoms with van der Waals surface area (Å²) in [5.74, 6) is 0.507. The molecule has 0 unspecified atom stereocenters. The first-order chi connectivity index (χ1) is 12.5. The van der Waals surface area contributed by atoms with Crippen LogP contribution in [-0.2, 0) is 0 Å². The number of nitrogens with zero attached hydrogens (tertiary/aromatic N) is 2. The van der Waals surface area contributed by atoms with Crippen molar-refractivity contribution in [2.75, 3.05) is 10.6 Å². The molecule has 0 bridgehead atoms. The highest BCUT2D eigenvalue weighted by molar-refractivity contribution is 6.30. The van der Waals surface area contributed by atoms with E-state index in [1.165, 1.54) is 5.56 Å². The second-order valence-corrected chi connectivity index (χ2v) is 6.57. The van der Waals surface area contributed by atoms with Crippen molar-refractivity contribution in [3.8, 4) is 0 Å². The molecule has 1 amide bonds. The molecule has 2 N–H and O–H groups in total. The molecule has 132 valence electrons. The van der Waals surface area contributed by atoms with Gasteiger partial charge in [-0.05, 0) is 47.9 Å². The lowest BCUT2D eigenvalue weighted by Gasteiger charge is -2.09. The van der Waals surface area contributed by atoms with Crippen LogP contribution in [0, 0.1) is 0 Å². The summed E-state index contributed by atoms with van der Waals surface area (Å²) in [5.41, 5.74) is 2.99. The zero-order valence-electron chi connectivity index (χ0n) is 14.5. The second-order valence-electron chi connectivity index (χ2n) is 6.13. The van der Waals surface area contributed by atoms with Gasteiger partial charge in [0.05, 0.1) is 0 Å². The molecule has 0 atom stereocenters. The molecule has 0 spiro atoms. The van der Waals surface area contributed by atoms with Crippen molar-refractivity contribution in [1.82, 2.24) is 9.97 Å². The fourth-order valence-electron chi connectivity index (χ4n) is 2.39. The number of carbonyl (C=O) groups is 1. The number of hydrogen-bond donors (Lipinski definition) is 2. The monoisotopic (exact) mass is 366 g/mol. The van der Waals surface area contributed by atoms with Crippen LogP contribution in [0.5, 0.6) is 0 Å². The molecule has 1 heterocycles. The molecule has 3 rings (SSSR count). The average molecular weight is 367 g/mol. The van der Waals surface area contributed by atoms with E-state index in [9.17, 15) is 4.79 Å². The molecule has 6 heteroatoms. The third-order valence-electron chi connectivity index (χ3n) is 3.80. The Morgan fingerprint density at radius 3 is 2.50 bits per heavy atom. The van der Waals surface area contributed by atoms with Crippen molar-refractivity contribution < 1.29 is 4.79 Å². The van der Waals surface area contributed by atoms with Crippen molar-refractivity contribution in [3.63, 3.8) is 0 Å². The molecule has 5 nitrogen and oxygen atoms in total. The number of aromatic nitrogens is 2. The van der Waals surface area contributed by atoms with Crippen LogP contribution in [0.25, 0.3) is 0 Å². The minimum absolute atomic E-state index is 0.265. The molecule has 0 aliphatic carbocycles. The third kappa shape index (κ3) is 4.58. The van der Waals surface area contributed by atoms with Gasteiger partial charge < -0.3 is 10.6 Å². The number of rotatable bonds is 5. The number of hydrogen-bond acceptors (Lipinski definition) is 4. The molecule has 0 aliphatic rings. The Balaban J connectivity index is 1.72. The lowest BCUT2D eigenvalue weighted by Crippen LogP contribution is -2.14. The van der Waals surface area contributed by atoms with E-state index in [2.05, 4.69) is 46.6 Å². The molecular formula is C20H19ClN4O. The van der Waals surface area contributed by atoms with Crippen LogP contribution >= 0.6 is 11.6 Å². The fourth-order valence-corrected chi connectivity index (χ4v) is 2.58. The van der Waals surface area contributed by atoms with Gasteiger partial charge in [-0.3, -0.25) is 4.79 Å². The van der Waals surface area contributed by atoms with Crippen LogP contribution in [0.15, 0.2) is 60.8 Å². The predicted octanol–water partition coefficient (Wildman–Crippen LogP) is 5.25. The third-order valence-corrected chi connectivity index (χ3v) is 4.04. The van der Waals surface area contributed by atoms with Gasteiger partial charge in [0.1, 0.15) is 5.69 Å². The molecule has 1 aromatic heterocycles. The highest BCUT2D eigenvalue weighted by atomic mass is 35.5. The van der Waals surface area contributed by atoms with Crippen molar-refractivity contribution in [2.24, 2.45) is 0 Å². The topological polar surface area (TPSA) is 66.9 Å². The van der Waals surface area contributed by atoms with Crippen LogP contribution < -0.4 is 10.6 Å². The number of halogens is 1. The summed E-state index contributed by atoms with van der Waals surface area (Å²) in [6, 6.07) is 16.6. The van der Waals surface area contributed by atoms with E-state index < -0.39 is 0 Å². The number of carbonyl (C=O) groups excluding carboxylic acids is 1. The van der Waals surface area contributed by atoms with Gasteiger partial charge in [-0.25, -0.2) is 9.97 Å². The van der Waals surface area contributed by atoms with E-state index in [1.54, 1.807) is 36.5 Å². The molecule has 0 aliphatic heterocycles. The van der Waals surface area contributed by atoms with E-state index >= 15 is 0 Å². The quantitative estimate of drug-likeness (QED) is 0.647. The van der Waals surface area contributed by atoms with Gasteiger partial charge in [-0.15, -0.1) is 0 Å². The highest BCUT2D eigenvalue weighted by Crippen LogP contribution is 2.19. The van der Waals surface area contributed by atoms with Crippen molar-refractivity contribution in [1.29, 1.82) is 0 Å². The standard InChI is InChI=1S/C20H19ClN4O/c1-13(2)14-6-8-16(9-7-14)24-20-22-11-10-18(25-20)19(26)23-17-5-3-4-15(21)12-17/h3-13H,1-2H3,(H,23,26)(H,22,24,25). The van der Waals surface area contributed by atoms with Gasteiger partial charge in [0.2, 0.25) is 5.95 Å². The van der Waals surface area contributed by atoms with Gasteiger partial charge in [0.15, 0.2) is 0 Å². The summed E-state index contributed by atoms with van der Waals surface area (Å²) in [6.45, 7) is 4.29. The smallest absolute Gasteiger partial charge is 0.274 e. The molecule has 2 aromatic carbocycles. The molecule has 26 heavy (non-hydrogen) atoms. The highest BCUT2D eigenvalue weighted by Gasteiger charge is 2.10. The second kappa shape index (κ2) is 7.97. The van der Waals surface area contributed by atoms with Gasteiger partial charge in [0.25, 0.3) is 5.91 Å². The van der Waals surface area contributed by atoms with E-state index in [0.717, 1.165) is 5.69 Å². The largest absolute Gasteiger partial charge is 0.324 e. The maximum Gasteiger partial charge on any atom is 0.274 e. The van der Waals surface area contributed by atoms with E-state index in [-0.39, 0.29) is 11.6 Å². The minimum Gasteiger partial charge on any atom is -0.324 e. The summed E-state index contributed by atoms with van der Waals surface area (Å²) < 4.78 is 0. The van der Waals surface area contributed by atoms with Crippen LogP contribution in [0.2, 0.25) is 5.02 Å². The lowest BCUT2D eigenvalue weighted by atomic mass is 10.0. The average Bonchev–Trinajstić information content (AvgIpc) is 2.62. The Hall–Kier alpha value is -2.92. The minimum atomic E-state index is -0.326. The van der Waals surface area contributed by atoms with E-state index in [0.29, 0.717) is 22.6 Å². The first kappa shape index (κ1) is 17.9. The fraction of sp³-hybridized carbons (Fsp3) is 0.150. The number of amides is 1. The SMILES string of the molecule is CC(C)c1ccc(Nc2nccc(C(=O)Nc3cccc(Cl)c3)n2)cc1. The molecule has 3 aromatic rings. The van der Waals surface area contributed by atoms with E-state index in [1.807, 2.05) is 12.1 Å². The summed E-state index contributed by atoms with van der Waals surface area (Å²) in [6.07, 6.45) is 1.55. The summed E-state index contributed by atoms with van der Waals surface area (Å²) >= 11 is 5.93. The Kier molecular flexibility index (Phi) is 5.49. The zero-order chi connectivity index (χ0) is 18.5. The molecule has 0 radical (unpaired) electrons. The summed E-state index contributed by atoms with van der Waals surface area (Å²) in [5, 5.41) is 6.44. The van der Waals surface area contributed by atoms with Crippen molar-refractivity contribution in [3.05, 3.63) is 77.1 Å². The summed E-state index contributed by atoms with van der Waals surface area (Å²) in [4.78, 5) is 20.8. The van der Waals surface area contributed by atoms with Gasteiger partial charge in [-0.1, -0.05) is 43.6 Å². The Morgan fingerprint density at radius 2 is 1.81 bits per heavy atom. The van der Waals surface area contributed by atoms with Crippen LogP contribution in [-0.4, -0.2) is 15.9 Å². The first-order valence-electron chi connectivity index (χ1n) is 8.28. The Labute approximate surface area is 157 Å². The van der Waals surface area contributed by atoms with Crippen LogP contribution in [0.1, 0.15) is 35.8 Å². The number of nitrogens with one attached hydrogen (secondary N) is 2. The normalized spacial score (nSPS) is 10.6. The molecule has 0 saturated heterocycles. The van der Waals surface area contributed by atoms with Crippen molar-refractivity contribution in [2.45, 2.75) is 19.8 Å². The number of benzene rings is 2. The van der Waals surface area contributed by atoms with Crippen molar-refractivity contribution >= 4 is 34.8 Å². The lowest BCUT2D eigenvalue weighted by molar-refractivity contribution is 0.102. The molecule has 0 saturated carbocycles. The van der Waals surface area contributed by atoms with Gasteiger partial charge >= 0.3 is 0 Å². The molecular weight excluding hydrogens is 348 g/mol. The van der Waals surface area contributed by atoms with Gasteiger partial charge in [0, 0.05) is 22.6 Å². The van der Waals surface area contributed by atoms with E-state index in [4.69, 9.17) is 11.6 Å². The predicted molar refractivity (Wildman–Crippen MR) is 105 cm³/mol. The van der Waals surface area contributed by atoms with Crippen LogP contribution in [0.4, 0.5) is 17.3 Å². The van der Waals surface area contributed by atoms with Crippen LogP contribution in [0.3, 0.4) is 0 Å². The van der Waals surface area contributed by atoms with Gasteiger partial charge in [-0.2, -0.15) is 0 Å². The first-order valence-corrected chi connectivity index (χ1v) is 8.66.